The summed E-state index contributed by atoms with van der Waals surface area (Å²) in [6, 6.07) is 0. The first-order valence-corrected chi connectivity index (χ1v) is 15.1. The molecule has 2 saturated heterocycles. The predicted octanol–water partition coefficient (Wildman–Crippen LogP) is 5.90. The van der Waals surface area contributed by atoms with Gasteiger partial charge in [-0.05, 0) is 51.2 Å². The number of aromatic nitrogens is 1. The van der Waals surface area contributed by atoms with Gasteiger partial charge in [0.15, 0.2) is 0 Å². The van der Waals surface area contributed by atoms with Crippen molar-refractivity contribution >= 4 is 52.4 Å². The number of aryl methyl sites for hydroxylation is 1. The van der Waals surface area contributed by atoms with E-state index in [0.29, 0.717) is 6.42 Å². The van der Waals surface area contributed by atoms with Crippen LogP contribution < -0.4 is 0 Å². The van der Waals surface area contributed by atoms with E-state index in [9.17, 15) is 19.8 Å². The normalized spacial score (nSPS) is 35.0. The molecule has 3 heterocycles. The van der Waals surface area contributed by atoms with E-state index < -0.39 is 35.6 Å². The lowest BCUT2D eigenvalue weighted by molar-refractivity contribution is -0.154. The summed E-state index contributed by atoms with van der Waals surface area (Å²) in [7, 11) is 0. The summed E-state index contributed by atoms with van der Waals surface area (Å²) in [5.74, 6) is -1.55. The van der Waals surface area contributed by atoms with Crippen LogP contribution in [0, 0.1) is 24.2 Å². The number of carbonyl (C=O) groups is 2. The Morgan fingerprint density at radius 3 is 2.45 bits per heavy atom. The maximum atomic E-state index is 13.2. The fourth-order valence-corrected chi connectivity index (χ4v) is 5.64. The Balaban J connectivity index is 0.00000161. The average molecular weight is 593 g/mol. The second-order valence-electron chi connectivity index (χ2n) is 11.4. The van der Waals surface area contributed by atoms with Crippen molar-refractivity contribution < 1.29 is 29.3 Å². The van der Waals surface area contributed by atoms with E-state index in [1.54, 1.807) is 32.1 Å². The Hall–Kier alpha value is -1.03. The molecule has 0 unspecified atom stereocenters. The molecule has 0 aliphatic carbocycles. The quantitative estimate of drug-likeness (QED) is 0.250. The number of ketones is 1. The number of fused-ring (bicyclic) bond motifs is 1. The van der Waals surface area contributed by atoms with Gasteiger partial charge in [0.05, 0.1) is 51.8 Å². The van der Waals surface area contributed by atoms with E-state index in [2.05, 4.69) is 11.9 Å². The highest BCUT2D eigenvalue weighted by atomic mass is 35.5. The Labute approximate surface area is 240 Å². The summed E-state index contributed by atoms with van der Waals surface area (Å²) in [5.41, 5.74) is 0.179. The lowest BCUT2D eigenvalue weighted by atomic mass is 9.73. The van der Waals surface area contributed by atoms with Gasteiger partial charge >= 0.3 is 5.97 Å². The van der Waals surface area contributed by atoms with Gasteiger partial charge in [-0.3, -0.25) is 9.59 Å². The maximum Gasteiger partial charge on any atom is 0.309 e. The number of nitrogens with zero attached hydrogens (tertiary/aromatic N) is 1. The predicted molar refractivity (Wildman–Crippen MR) is 152 cm³/mol. The molecule has 10 heteroatoms. The number of thiazole rings is 1. The number of aliphatic hydroxyl groups excluding tert-OH is 2. The standard InChI is InChI=1S/C27H41NO6S.CH2Cl2/c1-15-9-8-10-27(7)22(34-27)12-20(16(2)11-19-14-35-18(4)28-19)33-23(30)13-21(29)26(5,6)25(32)17(3)24(15)31;2-1-3/h11,14-15,17,20-22,24,29,31H,8-10,12-13H2,1-7H3;1H2/b16-11+;/t15-,17+,20-,21-,22-,24-,27+;/m0./s1. The molecule has 0 bridgehead atoms. The molecule has 2 aliphatic heterocycles. The summed E-state index contributed by atoms with van der Waals surface area (Å²) in [6.07, 6.45) is 1.98. The fraction of sp³-hybridized carbons (Fsp3) is 0.750. The molecule has 0 saturated carbocycles. The summed E-state index contributed by atoms with van der Waals surface area (Å²) in [5, 5.41) is 24.8. The lowest BCUT2D eigenvalue weighted by Gasteiger charge is -2.34. The monoisotopic (exact) mass is 591 g/mol. The van der Waals surface area contributed by atoms with Gasteiger partial charge in [-0.15, -0.1) is 34.5 Å². The minimum atomic E-state index is -1.23. The van der Waals surface area contributed by atoms with Crippen molar-refractivity contribution in [3.05, 3.63) is 21.7 Å². The zero-order valence-corrected chi connectivity index (χ0v) is 25.8. The van der Waals surface area contributed by atoms with Crippen molar-refractivity contribution in [2.24, 2.45) is 17.3 Å². The molecule has 2 fully saturated rings. The molecular formula is C28H43Cl2NO6S. The molecule has 0 amide bonds. The first kappa shape index (κ1) is 33.2. The van der Waals surface area contributed by atoms with Crippen LogP contribution in [0.15, 0.2) is 11.0 Å². The van der Waals surface area contributed by atoms with Crippen molar-refractivity contribution in [1.29, 1.82) is 0 Å². The van der Waals surface area contributed by atoms with Crippen molar-refractivity contribution in [3.8, 4) is 0 Å². The van der Waals surface area contributed by atoms with E-state index in [-0.39, 0.29) is 35.2 Å². The number of Topliss-reactive ketones (excluding diaryl/α,β-unsaturated/α-hetero) is 1. The number of hydrogen-bond donors (Lipinski definition) is 2. The molecule has 0 radical (unpaired) electrons. The van der Waals surface area contributed by atoms with Crippen molar-refractivity contribution in [2.75, 3.05) is 5.34 Å². The molecule has 0 aromatic carbocycles. The van der Waals surface area contributed by atoms with E-state index in [1.807, 2.05) is 32.2 Å². The van der Waals surface area contributed by atoms with Crippen LogP contribution in [0.3, 0.4) is 0 Å². The zero-order valence-electron chi connectivity index (χ0n) is 23.5. The zero-order chi connectivity index (χ0) is 28.8. The number of cyclic esters (lactones) is 1. The number of aliphatic hydroxyl groups is 2. The van der Waals surface area contributed by atoms with Crippen LogP contribution in [-0.4, -0.2) is 62.3 Å². The van der Waals surface area contributed by atoms with Crippen LogP contribution in [0.2, 0.25) is 0 Å². The number of rotatable bonds is 2. The fourth-order valence-electron chi connectivity index (χ4n) is 5.07. The minimum absolute atomic E-state index is 0.0455. The molecule has 3 rings (SSSR count). The third-order valence-electron chi connectivity index (χ3n) is 7.93. The number of alkyl halides is 2. The Morgan fingerprint density at radius 2 is 1.87 bits per heavy atom. The van der Waals surface area contributed by atoms with Crippen LogP contribution in [-0.2, 0) is 19.1 Å². The van der Waals surface area contributed by atoms with Gasteiger partial charge in [0, 0.05) is 17.7 Å². The molecule has 2 N–H and O–H groups in total. The van der Waals surface area contributed by atoms with E-state index in [0.717, 1.165) is 35.5 Å². The lowest BCUT2D eigenvalue weighted by Crippen LogP contribution is -2.45. The van der Waals surface area contributed by atoms with Crippen LogP contribution in [0.4, 0.5) is 0 Å². The number of halogens is 2. The number of epoxide rings is 1. The van der Waals surface area contributed by atoms with Crippen LogP contribution in [0.25, 0.3) is 6.08 Å². The topological polar surface area (TPSA) is 109 Å². The average Bonchev–Trinajstić information content (AvgIpc) is 3.28. The van der Waals surface area contributed by atoms with Crippen molar-refractivity contribution in [3.63, 3.8) is 0 Å². The second-order valence-corrected chi connectivity index (χ2v) is 13.2. The summed E-state index contributed by atoms with van der Waals surface area (Å²) in [4.78, 5) is 30.6. The van der Waals surface area contributed by atoms with Gasteiger partial charge in [0.25, 0.3) is 0 Å². The number of esters is 1. The minimum Gasteiger partial charge on any atom is -0.458 e. The van der Waals surface area contributed by atoms with Crippen LogP contribution in [0.1, 0.15) is 84.3 Å². The highest BCUT2D eigenvalue weighted by molar-refractivity contribution is 7.09. The van der Waals surface area contributed by atoms with Crippen LogP contribution >= 0.6 is 34.5 Å². The first-order chi connectivity index (χ1) is 17.7. The molecule has 1 aromatic heterocycles. The van der Waals surface area contributed by atoms with Gasteiger partial charge in [0.1, 0.15) is 11.9 Å². The Bertz CT molecular complexity index is 982. The van der Waals surface area contributed by atoms with Gasteiger partial charge < -0.3 is 19.7 Å². The third-order valence-corrected chi connectivity index (χ3v) is 8.72. The highest BCUT2D eigenvalue weighted by Gasteiger charge is 2.53. The largest absolute Gasteiger partial charge is 0.458 e. The molecule has 0 spiro atoms. The summed E-state index contributed by atoms with van der Waals surface area (Å²) >= 11 is 11.1. The molecule has 38 heavy (non-hydrogen) atoms. The maximum absolute atomic E-state index is 13.2. The van der Waals surface area contributed by atoms with E-state index in [1.165, 1.54) is 0 Å². The van der Waals surface area contributed by atoms with Gasteiger partial charge in [-0.1, -0.05) is 34.1 Å². The molecule has 1 aromatic rings. The molecule has 2 aliphatic rings. The number of carbonyl (C=O) groups excluding carboxylic acids is 2. The van der Waals surface area contributed by atoms with Gasteiger partial charge in [-0.25, -0.2) is 4.98 Å². The number of hydrogen-bond acceptors (Lipinski definition) is 8. The van der Waals surface area contributed by atoms with Crippen LogP contribution in [0.5, 0.6) is 0 Å². The molecule has 216 valence electrons. The van der Waals surface area contributed by atoms with E-state index >= 15 is 0 Å². The number of ether oxygens (including phenoxy) is 2. The second kappa shape index (κ2) is 14.0. The van der Waals surface area contributed by atoms with Gasteiger partial charge in [0.2, 0.25) is 0 Å². The molecule has 7 nitrogen and oxygen atoms in total. The van der Waals surface area contributed by atoms with Crippen molar-refractivity contribution in [2.45, 2.75) is 111 Å². The first-order valence-electron chi connectivity index (χ1n) is 13.2. The van der Waals surface area contributed by atoms with Gasteiger partial charge in [-0.2, -0.15) is 0 Å². The Morgan fingerprint density at radius 1 is 1.24 bits per heavy atom. The summed E-state index contributed by atoms with van der Waals surface area (Å²) < 4.78 is 11.9. The van der Waals surface area contributed by atoms with E-state index in [4.69, 9.17) is 32.7 Å². The smallest absolute Gasteiger partial charge is 0.309 e. The molecular weight excluding hydrogens is 549 g/mol. The summed E-state index contributed by atoms with van der Waals surface area (Å²) in [6.45, 7) is 12.8. The van der Waals surface area contributed by atoms with Crippen molar-refractivity contribution in [1.82, 2.24) is 4.98 Å². The SMILES string of the molecule is C/C(=C\c1csc(C)n1)[C@@H]1C[C@@H]2O[C@]2(C)CCC[C@H](C)[C@H](O)[C@@H](C)C(=O)C(C)(C)[C@@H](O)CC(=O)O1.ClCCl. The molecule has 7 atom stereocenters. The third kappa shape index (κ3) is 8.73. The highest BCUT2D eigenvalue weighted by Crippen LogP contribution is 2.45. The Kier molecular flexibility index (Phi) is 12.3.